The first-order valence-electron chi connectivity index (χ1n) is 6.52. The number of nitrogens with zero attached hydrogens (tertiary/aromatic N) is 1. The van der Waals surface area contributed by atoms with Gasteiger partial charge in [-0.15, -0.1) is 0 Å². The highest BCUT2D eigenvalue weighted by Gasteiger charge is 2.30. The number of hydrogen-bond acceptors (Lipinski definition) is 3. The molecule has 1 aliphatic carbocycles. The summed E-state index contributed by atoms with van der Waals surface area (Å²) in [5.74, 6) is 0.916. The summed E-state index contributed by atoms with van der Waals surface area (Å²) in [6, 6.07) is 6.18. The molecule has 0 bridgehead atoms. The minimum Gasteiger partial charge on any atom is -0.495 e. The summed E-state index contributed by atoms with van der Waals surface area (Å²) in [6.07, 6.45) is 2.29. The summed E-state index contributed by atoms with van der Waals surface area (Å²) in [5, 5.41) is 3.15. The van der Waals surface area contributed by atoms with Crippen LogP contribution in [0.1, 0.15) is 19.8 Å². The van der Waals surface area contributed by atoms with Gasteiger partial charge in [0, 0.05) is 24.3 Å². The van der Waals surface area contributed by atoms with E-state index in [1.54, 1.807) is 7.11 Å². The highest BCUT2D eigenvalue weighted by atomic mass is 79.9. The minimum absolute atomic E-state index is 0.159. The highest BCUT2D eigenvalue weighted by Crippen LogP contribution is 2.28. The molecule has 1 amide bonds. The van der Waals surface area contributed by atoms with Crippen LogP contribution in [0, 0.1) is 0 Å². The Bertz CT molecular complexity index is 461. The molecule has 1 aromatic rings. The lowest BCUT2D eigenvalue weighted by Gasteiger charge is -2.20. The van der Waals surface area contributed by atoms with Gasteiger partial charge in [-0.1, -0.05) is 0 Å². The molecule has 1 aliphatic rings. The molecule has 0 radical (unpaired) electrons. The third kappa shape index (κ3) is 3.62. The average Bonchev–Trinajstić information content (AvgIpc) is 3.23. The number of rotatable bonds is 6. The molecule has 0 spiro atoms. The third-order valence-corrected chi connectivity index (χ3v) is 3.90. The van der Waals surface area contributed by atoms with Gasteiger partial charge in [-0.25, -0.2) is 0 Å². The smallest absolute Gasteiger partial charge is 0.242 e. The van der Waals surface area contributed by atoms with Crippen LogP contribution >= 0.6 is 15.9 Å². The van der Waals surface area contributed by atoms with Crippen molar-refractivity contribution < 1.29 is 9.53 Å². The van der Waals surface area contributed by atoms with Crippen molar-refractivity contribution >= 4 is 27.5 Å². The van der Waals surface area contributed by atoms with E-state index in [0.717, 1.165) is 35.3 Å². The van der Waals surface area contributed by atoms with Gasteiger partial charge in [0.1, 0.15) is 5.75 Å². The molecule has 4 nitrogen and oxygen atoms in total. The molecule has 2 rings (SSSR count). The third-order valence-electron chi connectivity index (χ3n) is 3.24. The van der Waals surface area contributed by atoms with Gasteiger partial charge in [-0.3, -0.25) is 4.79 Å². The second-order valence-corrected chi connectivity index (χ2v) is 5.47. The Morgan fingerprint density at radius 1 is 1.53 bits per heavy atom. The molecule has 0 aromatic heterocycles. The Hall–Kier alpha value is -1.23. The number of carbonyl (C=O) groups excluding carboxylic acids is 1. The van der Waals surface area contributed by atoms with Crippen LogP contribution in [0.3, 0.4) is 0 Å². The van der Waals surface area contributed by atoms with E-state index in [2.05, 4.69) is 21.2 Å². The summed E-state index contributed by atoms with van der Waals surface area (Å²) in [6.45, 7) is 3.14. The van der Waals surface area contributed by atoms with Crippen LogP contribution in [0.4, 0.5) is 5.69 Å². The molecule has 0 heterocycles. The normalized spacial score (nSPS) is 14.1. The number of hydrogen-bond donors (Lipinski definition) is 1. The molecule has 104 valence electrons. The monoisotopic (exact) mass is 326 g/mol. The molecule has 0 aliphatic heterocycles. The second kappa shape index (κ2) is 6.28. The van der Waals surface area contributed by atoms with Crippen LogP contribution in [-0.2, 0) is 4.79 Å². The van der Waals surface area contributed by atoms with Gasteiger partial charge in [-0.2, -0.15) is 0 Å². The Morgan fingerprint density at radius 3 is 2.84 bits per heavy atom. The van der Waals surface area contributed by atoms with E-state index in [1.807, 2.05) is 30.0 Å². The molecular weight excluding hydrogens is 308 g/mol. The second-order valence-electron chi connectivity index (χ2n) is 4.61. The largest absolute Gasteiger partial charge is 0.495 e. The van der Waals surface area contributed by atoms with Gasteiger partial charge < -0.3 is 15.0 Å². The Labute approximate surface area is 122 Å². The van der Waals surface area contributed by atoms with E-state index in [1.165, 1.54) is 0 Å². The van der Waals surface area contributed by atoms with Crippen LogP contribution in [0.5, 0.6) is 5.75 Å². The zero-order valence-electron chi connectivity index (χ0n) is 11.3. The lowest BCUT2D eigenvalue weighted by Crippen LogP contribution is -2.37. The lowest BCUT2D eigenvalue weighted by atomic mass is 10.3. The van der Waals surface area contributed by atoms with Crippen molar-refractivity contribution in [1.29, 1.82) is 0 Å². The Balaban J connectivity index is 1.92. The molecular formula is C14H19BrN2O2. The van der Waals surface area contributed by atoms with Crippen LogP contribution in [0.15, 0.2) is 22.7 Å². The van der Waals surface area contributed by atoms with E-state index in [-0.39, 0.29) is 5.91 Å². The van der Waals surface area contributed by atoms with Crippen molar-refractivity contribution in [2.24, 2.45) is 0 Å². The summed E-state index contributed by atoms with van der Waals surface area (Å²) >= 11 is 3.40. The topological polar surface area (TPSA) is 41.6 Å². The van der Waals surface area contributed by atoms with Crippen LogP contribution < -0.4 is 10.1 Å². The molecule has 1 fully saturated rings. The number of carbonyl (C=O) groups is 1. The number of methoxy groups -OCH3 is 1. The fourth-order valence-electron chi connectivity index (χ4n) is 2.07. The summed E-state index contributed by atoms with van der Waals surface area (Å²) in [4.78, 5) is 14.0. The number of anilines is 1. The molecule has 19 heavy (non-hydrogen) atoms. The zero-order valence-corrected chi connectivity index (χ0v) is 12.9. The Morgan fingerprint density at radius 2 is 2.26 bits per heavy atom. The predicted octanol–water partition coefficient (Wildman–Crippen LogP) is 2.88. The first kappa shape index (κ1) is 14.2. The number of halogens is 1. The number of amides is 1. The predicted molar refractivity (Wildman–Crippen MR) is 79.6 cm³/mol. The number of nitrogens with one attached hydrogen (secondary N) is 1. The molecule has 1 saturated carbocycles. The standard InChI is InChI=1S/C14H19BrN2O2/c1-3-17(11-5-6-11)14(18)9-16-10-4-7-12(15)13(8-10)19-2/h4,7-8,11,16H,3,5-6,9H2,1-2H3. The first-order valence-corrected chi connectivity index (χ1v) is 7.32. The molecule has 5 heteroatoms. The zero-order chi connectivity index (χ0) is 13.8. The first-order chi connectivity index (χ1) is 9.15. The van der Waals surface area contributed by atoms with Crippen molar-refractivity contribution in [1.82, 2.24) is 4.90 Å². The fraction of sp³-hybridized carbons (Fsp3) is 0.500. The maximum atomic E-state index is 12.1. The van der Waals surface area contributed by atoms with Crippen molar-refractivity contribution in [3.8, 4) is 5.75 Å². The SMILES string of the molecule is CCN(C(=O)CNc1ccc(Br)c(OC)c1)C1CC1. The van der Waals surface area contributed by atoms with Crippen LogP contribution in [-0.4, -0.2) is 37.0 Å². The van der Waals surface area contributed by atoms with E-state index >= 15 is 0 Å². The highest BCUT2D eigenvalue weighted by molar-refractivity contribution is 9.10. The van der Waals surface area contributed by atoms with E-state index in [4.69, 9.17) is 4.74 Å². The van der Waals surface area contributed by atoms with E-state index in [9.17, 15) is 4.79 Å². The van der Waals surface area contributed by atoms with Crippen molar-refractivity contribution in [2.75, 3.05) is 25.5 Å². The van der Waals surface area contributed by atoms with Crippen molar-refractivity contribution in [3.63, 3.8) is 0 Å². The van der Waals surface area contributed by atoms with Gasteiger partial charge in [0.05, 0.1) is 18.1 Å². The minimum atomic E-state index is 0.159. The fourth-order valence-corrected chi connectivity index (χ4v) is 2.48. The molecule has 0 unspecified atom stereocenters. The molecule has 0 saturated heterocycles. The van der Waals surface area contributed by atoms with Crippen LogP contribution in [0.25, 0.3) is 0 Å². The quantitative estimate of drug-likeness (QED) is 0.874. The summed E-state index contributed by atoms with van der Waals surface area (Å²) in [5.41, 5.74) is 0.889. The number of ether oxygens (including phenoxy) is 1. The van der Waals surface area contributed by atoms with E-state index < -0.39 is 0 Å². The van der Waals surface area contributed by atoms with E-state index in [0.29, 0.717) is 12.6 Å². The van der Waals surface area contributed by atoms with Crippen molar-refractivity contribution in [2.45, 2.75) is 25.8 Å². The molecule has 0 atom stereocenters. The maximum Gasteiger partial charge on any atom is 0.242 e. The van der Waals surface area contributed by atoms with Crippen molar-refractivity contribution in [3.05, 3.63) is 22.7 Å². The van der Waals surface area contributed by atoms with Gasteiger partial charge in [-0.05, 0) is 47.8 Å². The summed E-state index contributed by atoms with van der Waals surface area (Å²) < 4.78 is 6.13. The molecule has 1 aromatic carbocycles. The Kier molecular flexibility index (Phi) is 4.69. The molecule has 1 N–H and O–H groups in total. The lowest BCUT2D eigenvalue weighted by molar-refractivity contribution is -0.129. The number of likely N-dealkylation sites (N-methyl/N-ethyl adjacent to an activating group) is 1. The van der Waals surface area contributed by atoms with Gasteiger partial charge in [0.25, 0.3) is 0 Å². The van der Waals surface area contributed by atoms with Gasteiger partial charge >= 0.3 is 0 Å². The van der Waals surface area contributed by atoms with Crippen LogP contribution in [0.2, 0.25) is 0 Å². The van der Waals surface area contributed by atoms with Gasteiger partial charge in [0.2, 0.25) is 5.91 Å². The maximum absolute atomic E-state index is 12.1. The number of benzene rings is 1. The summed E-state index contributed by atoms with van der Waals surface area (Å²) in [7, 11) is 1.63. The van der Waals surface area contributed by atoms with Gasteiger partial charge in [0.15, 0.2) is 0 Å². The average molecular weight is 327 g/mol.